The van der Waals surface area contributed by atoms with Gasteiger partial charge >= 0.3 is 12.1 Å². The third-order valence-corrected chi connectivity index (χ3v) is 6.46. The van der Waals surface area contributed by atoms with Gasteiger partial charge in [0, 0.05) is 18.0 Å². The number of alkyl carbamates (subject to hydrolysis) is 1. The molecule has 0 spiro atoms. The number of carbonyl (C=O) groups excluding carboxylic acids is 2. The first-order chi connectivity index (χ1) is 16.8. The third-order valence-electron chi connectivity index (χ3n) is 6.46. The van der Waals surface area contributed by atoms with Gasteiger partial charge in [0.2, 0.25) is 5.91 Å². The number of aliphatic carboxylic acids is 1. The van der Waals surface area contributed by atoms with Gasteiger partial charge in [-0.1, -0.05) is 60.7 Å². The number of nitrogens with one attached hydrogen (secondary N) is 2. The summed E-state index contributed by atoms with van der Waals surface area (Å²) in [5.74, 6) is -1.66. The minimum atomic E-state index is -1.05. The zero-order valence-electron chi connectivity index (χ0n) is 19.7. The lowest BCUT2D eigenvalue weighted by molar-refractivity contribution is -0.137. The summed E-state index contributed by atoms with van der Waals surface area (Å²) < 4.78 is 5.54. The Morgan fingerprint density at radius 1 is 0.914 bits per heavy atom. The highest BCUT2D eigenvalue weighted by atomic mass is 16.5. The summed E-state index contributed by atoms with van der Waals surface area (Å²) in [6.07, 6.45) is -1.09. The lowest BCUT2D eigenvalue weighted by atomic mass is 9.98. The standard InChI is InChI=1S/C28H28N2O5/c1-17-8-7-13-24(18(17)2)29-27(33)25(14-15-26(31)32)30-28(34)35-16-23-21-11-5-3-9-19(21)20-10-4-6-12-22(20)23/h3-13,23,25H,14-16H2,1-2H3,(H,29,33)(H,30,34)(H,31,32). The Morgan fingerprint density at radius 2 is 1.54 bits per heavy atom. The molecule has 1 atom stereocenters. The van der Waals surface area contributed by atoms with Gasteiger partial charge in [0.25, 0.3) is 0 Å². The molecular weight excluding hydrogens is 444 g/mol. The molecule has 0 aliphatic heterocycles. The second-order valence-electron chi connectivity index (χ2n) is 8.69. The van der Waals surface area contributed by atoms with E-state index in [0.29, 0.717) is 5.69 Å². The molecule has 0 heterocycles. The molecule has 1 aliphatic carbocycles. The van der Waals surface area contributed by atoms with Crippen molar-refractivity contribution in [3.8, 4) is 11.1 Å². The van der Waals surface area contributed by atoms with Gasteiger partial charge in [0.15, 0.2) is 0 Å². The van der Waals surface area contributed by atoms with Crippen LogP contribution in [-0.4, -0.2) is 35.7 Å². The average molecular weight is 473 g/mol. The highest BCUT2D eigenvalue weighted by Gasteiger charge is 2.30. The second kappa shape index (κ2) is 10.4. The predicted molar refractivity (Wildman–Crippen MR) is 133 cm³/mol. The van der Waals surface area contributed by atoms with E-state index in [1.807, 2.05) is 74.5 Å². The molecule has 35 heavy (non-hydrogen) atoms. The number of rotatable bonds is 8. The van der Waals surface area contributed by atoms with E-state index in [2.05, 4.69) is 10.6 Å². The number of carboxylic acids is 1. The van der Waals surface area contributed by atoms with Crippen LogP contribution in [0.1, 0.15) is 41.0 Å². The summed E-state index contributed by atoms with van der Waals surface area (Å²) in [4.78, 5) is 36.8. The van der Waals surface area contributed by atoms with Crippen LogP contribution in [0.5, 0.6) is 0 Å². The maximum atomic E-state index is 12.9. The van der Waals surface area contributed by atoms with E-state index in [1.54, 1.807) is 6.07 Å². The Labute approximate surface area is 204 Å². The summed E-state index contributed by atoms with van der Waals surface area (Å²) >= 11 is 0. The first-order valence-corrected chi connectivity index (χ1v) is 11.6. The van der Waals surface area contributed by atoms with Crippen LogP contribution in [-0.2, 0) is 14.3 Å². The van der Waals surface area contributed by atoms with Gasteiger partial charge in [-0.05, 0) is 59.7 Å². The minimum absolute atomic E-state index is 0.0593. The molecule has 7 heteroatoms. The molecule has 2 amide bonds. The Bertz CT molecular complexity index is 1220. The lowest BCUT2D eigenvalue weighted by Gasteiger charge is -2.20. The largest absolute Gasteiger partial charge is 0.481 e. The van der Waals surface area contributed by atoms with Crippen LogP contribution in [0, 0.1) is 13.8 Å². The van der Waals surface area contributed by atoms with Crippen LogP contribution >= 0.6 is 0 Å². The molecule has 0 radical (unpaired) electrons. The van der Waals surface area contributed by atoms with Gasteiger partial charge in [-0.3, -0.25) is 9.59 Å². The fourth-order valence-corrected chi connectivity index (χ4v) is 4.43. The van der Waals surface area contributed by atoms with Crippen LogP contribution in [0.2, 0.25) is 0 Å². The number of carbonyl (C=O) groups is 3. The highest BCUT2D eigenvalue weighted by molar-refractivity contribution is 5.97. The monoisotopic (exact) mass is 472 g/mol. The summed E-state index contributed by atoms with van der Waals surface area (Å²) in [5.41, 5.74) is 6.92. The first kappa shape index (κ1) is 24.0. The molecule has 0 aromatic heterocycles. The Morgan fingerprint density at radius 3 is 2.17 bits per heavy atom. The average Bonchev–Trinajstić information content (AvgIpc) is 3.17. The number of benzene rings is 3. The van der Waals surface area contributed by atoms with Crippen molar-refractivity contribution in [2.75, 3.05) is 11.9 Å². The first-order valence-electron chi connectivity index (χ1n) is 11.6. The van der Waals surface area contributed by atoms with Crippen LogP contribution in [0.25, 0.3) is 11.1 Å². The van der Waals surface area contributed by atoms with Gasteiger partial charge in [-0.25, -0.2) is 4.79 Å². The van der Waals surface area contributed by atoms with E-state index < -0.39 is 24.0 Å². The van der Waals surface area contributed by atoms with Crippen molar-refractivity contribution in [3.05, 3.63) is 89.0 Å². The minimum Gasteiger partial charge on any atom is -0.481 e. The Kier molecular flexibility index (Phi) is 7.15. The Balaban J connectivity index is 1.44. The molecule has 0 saturated carbocycles. The number of hydrogen-bond acceptors (Lipinski definition) is 4. The molecule has 180 valence electrons. The van der Waals surface area contributed by atoms with Gasteiger partial charge in [0.1, 0.15) is 12.6 Å². The zero-order valence-corrected chi connectivity index (χ0v) is 19.7. The van der Waals surface area contributed by atoms with Crippen LogP contribution < -0.4 is 10.6 Å². The number of carboxylic acid groups (broad SMARTS) is 1. The Hall–Kier alpha value is -4.13. The number of fused-ring (bicyclic) bond motifs is 3. The van der Waals surface area contributed by atoms with E-state index in [1.165, 1.54) is 0 Å². The van der Waals surface area contributed by atoms with E-state index >= 15 is 0 Å². The molecule has 3 aromatic carbocycles. The molecule has 3 aromatic rings. The van der Waals surface area contributed by atoms with Crippen molar-refractivity contribution in [1.82, 2.24) is 5.32 Å². The fraction of sp³-hybridized carbons (Fsp3) is 0.250. The molecule has 4 rings (SSSR count). The number of hydrogen-bond donors (Lipinski definition) is 3. The van der Waals surface area contributed by atoms with E-state index in [4.69, 9.17) is 9.84 Å². The molecule has 3 N–H and O–H groups in total. The summed E-state index contributed by atoms with van der Waals surface area (Å²) in [6.45, 7) is 3.92. The summed E-state index contributed by atoms with van der Waals surface area (Å²) in [7, 11) is 0. The summed E-state index contributed by atoms with van der Waals surface area (Å²) in [6, 6.07) is 20.5. The topological polar surface area (TPSA) is 105 Å². The third kappa shape index (κ3) is 5.35. The molecular formula is C28H28N2O5. The fourth-order valence-electron chi connectivity index (χ4n) is 4.43. The quantitative estimate of drug-likeness (QED) is 0.427. The van der Waals surface area contributed by atoms with E-state index in [0.717, 1.165) is 33.4 Å². The van der Waals surface area contributed by atoms with Crippen molar-refractivity contribution >= 4 is 23.7 Å². The van der Waals surface area contributed by atoms with Crippen LogP contribution in [0.3, 0.4) is 0 Å². The molecule has 1 aliphatic rings. The zero-order chi connectivity index (χ0) is 24.9. The van der Waals surface area contributed by atoms with Crippen molar-refractivity contribution in [1.29, 1.82) is 0 Å². The lowest BCUT2D eigenvalue weighted by Crippen LogP contribution is -2.44. The molecule has 1 unspecified atom stereocenters. The van der Waals surface area contributed by atoms with E-state index in [9.17, 15) is 14.4 Å². The van der Waals surface area contributed by atoms with E-state index in [-0.39, 0.29) is 25.4 Å². The SMILES string of the molecule is Cc1cccc(NC(=O)C(CCC(=O)O)NC(=O)OCC2c3ccccc3-c3ccccc32)c1C. The molecule has 0 fully saturated rings. The van der Waals surface area contributed by atoms with Crippen molar-refractivity contribution < 1.29 is 24.2 Å². The molecule has 7 nitrogen and oxygen atoms in total. The van der Waals surface area contributed by atoms with Crippen molar-refractivity contribution in [3.63, 3.8) is 0 Å². The van der Waals surface area contributed by atoms with Crippen LogP contribution in [0.15, 0.2) is 66.7 Å². The summed E-state index contributed by atoms with van der Waals surface area (Å²) in [5, 5.41) is 14.5. The highest BCUT2D eigenvalue weighted by Crippen LogP contribution is 2.44. The van der Waals surface area contributed by atoms with Crippen molar-refractivity contribution in [2.45, 2.75) is 38.6 Å². The van der Waals surface area contributed by atoms with Gasteiger partial charge in [-0.15, -0.1) is 0 Å². The number of amides is 2. The number of aryl methyl sites for hydroxylation is 1. The van der Waals surface area contributed by atoms with Crippen LogP contribution in [0.4, 0.5) is 10.5 Å². The van der Waals surface area contributed by atoms with Gasteiger partial charge in [-0.2, -0.15) is 0 Å². The molecule has 0 bridgehead atoms. The normalized spacial score (nSPS) is 12.9. The second-order valence-corrected chi connectivity index (χ2v) is 8.69. The maximum Gasteiger partial charge on any atom is 0.407 e. The predicted octanol–water partition coefficient (Wildman–Crippen LogP) is 5.01. The number of ether oxygens (including phenoxy) is 1. The van der Waals surface area contributed by atoms with Crippen molar-refractivity contribution in [2.24, 2.45) is 0 Å². The smallest absolute Gasteiger partial charge is 0.407 e. The number of anilines is 1. The van der Waals surface area contributed by atoms with Gasteiger partial charge < -0.3 is 20.5 Å². The maximum absolute atomic E-state index is 12.9. The van der Waals surface area contributed by atoms with Gasteiger partial charge in [0.05, 0.1) is 0 Å². The molecule has 0 saturated heterocycles.